The van der Waals surface area contributed by atoms with Crippen molar-refractivity contribution in [3.05, 3.63) is 55.3 Å². The number of hydrogen-bond donors (Lipinski definition) is 2. The normalized spacial score (nSPS) is 15.8. The minimum absolute atomic E-state index is 0.0369. The van der Waals surface area contributed by atoms with Crippen LogP contribution in [0.2, 0.25) is 0 Å². The number of anilines is 1. The number of nitrogens with zero attached hydrogens (tertiary/aromatic N) is 1. The van der Waals surface area contributed by atoms with E-state index < -0.39 is 17.1 Å². The van der Waals surface area contributed by atoms with Gasteiger partial charge in [0.1, 0.15) is 11.0 Å². The quantitative estimate of drug-likeness (QED) is 0.492. The molecular weight excluding hydrogens is 346 g/mol. The summed E-state index contributed by atoms with van der Waals surface area (Å²) in [4.78, 5) is 35.9. The Morgan fingerprint density at radius 1 is 1.32 bits per heavy atom. The number of nitro benzene ring substituents is 1. The maximum Gasteiger partial charge on any atom is 0.350 e. The van der Waals surface area contributed by atoms with Gasteiger partial charge in [0.25, 0.3) is 11.6 Å². The first kappa shape index (κ1) is 16.9. The molecule has 130 valence electrons. The van der Waals surface area contributed by atoms with Gasteiger partial charge >= 0.3 is 5.97 Å². The van der Waals surface area contributed by atoms with Crippen LogP contribution in [0.1, 0.15) is 43.6 Å². The van der Waals surface area contributed by atoms with E-state index in [0.29, 0.717) is 26.6 Å². The number of nitro groups is 1. The molecule has 0 unspecified atom stereocenters. The smallest absolute Gasteiger partial charge is 0.350 e. The molecule has 0 aliphatic carbocycles. The first-order chi connectivity index (χ1) is 11.9. The van der Waals surface area contributed by atoms with Crippen LogP contribution in [0.15, 0.2) is 24.3 Å². The lowest BCUT2D eigenvalue weighted by Gasteiger charge is -2.27. The summed E-state index contributed by atoms with van der Waals surface area (Å²) in [6, 6.07) is 5.85. The van der Waals surface area contributed by atoms with Gasteiger partial charge in [-0.25, -0.2) is 4.79 Å². The zero-order chi connectivity index (χ0) is 18.1. The molecule has 0 fully saturated rings. The van der Waals surface area contributed by atoms with Crippen molar-refractivity contribution in [2.45, 2.75) is 20.0 Å². The Balaban J connectivity index is 1.95. The van der Waals surface area contributed by atoms with Crippen LogP contribution in [0.5, 0.6) is 0 Å². The number of benzene rings is 1. The molecule has 2 N–H and O–H groups in total. The lowest BCUT2D eigenvalue weighted by Crippen LogP contribution is -2.38. The Morgan fingerprint density at radius 2 is 2.00 bits per heavy atom. The fraction of sp³-hybridized carbons (Fsp3) is 0.250. The van der Waals surface area contributed by atoms with Gasteiger partial charge in [0.05, 0.1) is 22.8 Å². The predicted octanol–water partition coefficient (Wildman–Crippen LogP) is 3.00. The molecule has 1 aromatic heterocycles. The van der Waals surface area contributed by atoms with Crippen LogP contribution >= 0.6 is 11.3 Å². The molecule has 1 amide bonds. The SMILES string of the molecule is CCOC(=O)c1sc(C)c2c1N[C@H](c1ccc([N+](=O)[O-])cc1)NC2=O. The third-order valence-corrected chi connectivity index (χ3v) is 4.86. The summed E-state index contributed by atoms with van der Waals surface area (Å²) in [5, 5.41) is 16.7. The largest absolute Gasteiger partial charge is 0.462 e. The van der Waals surface area contributed by atoms with Crippen molar-refractivity contribution in [2.24, 2.45) is 0 Å². The van der Waals surface area contributed by atoms with Crippen LogP contribution in [0.3, 0.4) is 0 Å². The Labute approximate surface area is 147 Å². The summed E-state index contributed by atoms with van der Waals surface area (Å²) >= 11 is 1.20. The van der Waals surface area contributed by atoms with Crippen molar-refractivity contribution >= 4 is 34.6 Å². The Bertz CT molecular complexity index is 859. The van der Waals surface area contributed by atoms with Gasteiger partial charge in [-0.05, 0) is 31.5 Å². The molecule has 3 rings (SSSR count). The van der Waals surface area contributed by atoms with Crippen molar-refractivity contribution in [3.8, 4) is 0 Å². The minimum Gasteiger partial charge on any atom is -0.462 e. The standard InChI is InChI=1S/C16H15N3O5S/c1-3-24-16(21)13-12-11(8(2)25-13)15(20)18-14(17-12)9-4-6-10(7-5-9)19(22)23/h4-7,14,17H,3H2,1-2H3,(H,18,20)/t14-/m0/s1. The van der Waals surface area contributed by atoms with Gasteiger partial charge in [0.15, 0.2) is 0 Å². The molecule has 0 saturated carbocycles. The van der Waals surface area contributed by atoms with Crippen molar-refractivity contribution in [2.75, 3.05) is 11.9 Å². The number of esters is 1. The highest BCUT2D eigenvalue weighted by Crippen LogP contribution is 2.38. The molecule has 1 aliphatic heterocycles. The van der Waals surface area contributed by atoms with Crippen LogP contribution < -0.4 is 10.6 Å². The van der Waals surface area contributed by atoms with Crippen LogP contribution in [-0.2, 0) is 4.74 Å². The maximum absolute atomic E-state index is 12.5. The minimum atomic E-state index is -0.594. The fourth-order valence-electron chi connectivity index (χ4n) is 2.64. The van der Waals surface area contributed by atoms with Gasteiger partial charge in [-0.3, -0.25) is 14.9 Å². The number of nitrogens with one attached hydrogen (secondary N) is 2. The van der Waals surface area contributed by atoms with Gasteiger partial charge < -0.3 is 15.4 Å². The highest BCUT2D eigenvalue weighted by Gasteiger charge is 2.33. The van der Waals surface area contributed by atoms with Crippen molar-refractivity contribution in [3.63, 3.8) is 0 Å². The second-order valence-electron chi connectivity index (χ2n) is 5.36. The first-order valence-corrected chi connectivity index (χ1v) is 8.36. The molecule has 0 saturated heterocycles. The van der Waals surface area contributed by atoms with E-state index in [1.54, 1.807) is 26.0 Å². The highest BCUT2D eigenvalue weighted by molar-refractivity contribution is 7.15. The zero-order valence-electron chi connectivity index (χ0n) is 13.5. The topological polar surface area (TPSA) is 111 Å². The Morgan fingerprint density at radius 3 is 2.60 bits per heavy atom. The van der Waals surface area contributed by atoms with E-state index in [-0.39, 0.29) is 18.2 Å². The number of fused-ring (bicyclic) bond motifs is 1. The number of thiophene rings is 1. The summed E-state index contributed by atoms with van der Waals surface area (Å²) in [7, 11) is 0. The van der Waals surface area contributed by atoms with Gasteiger partial charge in [0, 0.05) is 17.0 Å². The van der Waals surface area contributed by atoms with Crippen LogP contribution in [-0.4, -0.2) is 23.4 Å². The number of amides is 1. The monoisotopic (exact) mass is 361 g/mol. The van der Waals surface area contributed by atoms with Crippen molar-refractivity contribution in [1.82, 2.24) is 5.32 Å². The van der Waals surface area contributed by atoms with Crippen LogP contribution in [0.4, 0.5) is 11.4 Å². The number of aryl methyl sites for hydroxylation is 1. The van der Waals surface area contributed by atoms with E-state index in [9.17, 15) is 19.7 Å². The van der Waals surface area contributed by atoms with Crippen LogP contribution in [0.25, 0.3) is 0 Å². The number of carbonyl (C=O) groups is 2. The Kier molecular flexibility index (Phi) is 4.41. The summed E-state index contributed by atoms with van der Waals surface area (Å²) < 4.78 is 5.05. The van der Waals surface area contributed by atoms with Crippen LogP contribution in [0, 0.1) is 17.0 Å². The summed E-state index contributed by atoms with van der Waals surface area (Å²) in [5.41, 5.74) is 1.47. The molecule has 2 aromatic rings. The molecule has 0 spiro atoms. The van der Waals surface area contributed by atoms with Gasteiger partial charge in [-0.2, -0.15) is 0 Å². The molecule has 1 aliphatic rings. The number of ether oxygens (including phenoxy) is 1. The summed E-state index contributed by atoms with van der Waals surface area (Å²) in [6.45, 7) is 3.72. The van der Waals surface area contributed by atoms with Gasteiger partial charge in [-0.1, -0.05) is 0 Å². The molecule has 2 heterocycles. The number of hydrogen-bond acceptors (Lipinski definition) is 7. The number of carbonyl (C=O) groups excluding carboxylic acids is 2. The lowest BCUT2D eigenvalue weighted by atomic mass is 10.1. The van der Waals surface area contributed by atoms with Gasteiger partial charge in [-0.15, -0.1) is 11.3 Å². The predicted molar refractivity (Wildman–Crippen MR) is 91.9 cm³/mol. The Hall–Kier alpha value is -2.94. The maximum atomic E-state index is 12.5. The zero-order valence-corrected chi connectivity index (χ0v) is 14.3. The number of rotatable bonds is 4. The lowest BCUT2D eigenvalue weighted by molar-refractivity contribution is -0.384. The molecular formula is C16H15N3O5S. The molecule has 0 radical (unpaired) electrons. The van der Waals surface area contributed by atoms with E-state index in [1.165, 1.54) is 23.5 Å². The number of non-ortho nitro benzene ring substituents is 1. The van der Waals surface area contributed by atoms with Crippen molar-refractivity contribution < 1.29 is 19.2 Å². The highest BCUT2D eigenvalue weighted by atomic mass is 32.1. The van der Waals surface area contributed by atoms with Crippen molar-refractivity contribution in [1.29, 1.82) is 0 Å². The summed E-state index contributed by atoms with van der Waals surface area (Å²) in [5.74, 6) is -0.789. The second-order valence-corrected chi connectivity index (χ2v) is 6.58. The third-order valence-electron chi connectivity index (χ3n) is 3.77. The first-order valence-electron chi connectivity index (χ1n) is 7.54. The van der Waals surface area contributed by atoms with E-state index in [4.69, 9.17) is 4.74 Å². The average Bonchev–Trinajstić information content (AvgIpc) is 2.92. The third kappa shape index (κ3) is 3.05. The molecule has 25 heavy (non-hydrogen) atoms. The van der Waals surface area contributed by atoms with E-state index >= 15 is 0 Å². The molecule has 1 aromatic carbocycles. The fourth-order valence-corrected chi connectivity index (χ4v) is 3.64. The van der Waals surface area contributed by atoms with E-state index in [0.717, 1.165) is 0 Å². The molecule has 0 bridgehead atoms. The molecule has 1 atom stereocenters. The average molecular weight is 361 g/mol. The second kappa shape index (κ2) is 6.52. The molecule has 9 heteroatoms. The van der Waals surface area contributed by atoms with Gasteiger partial charge in [0.2, 0.25) is 0 Å². The van der Waals surface area contributed by atoms with E-state index in [2.05, 4.69) is 10.6 Å². The molecule has 8 nitrogen and oxygen atoms in total. The van der Waals surface area contributed by atoms with E-state index in [1.807, 2.05) is 0 Å². The summed E-state index contributed by atoms with van der Waals surface area (Å²) in [6.07, 6.45) is -0.594.